The third kappa shape index (κ3) is 3.09. The second-order valence-corrected chi connectivity index (χ2v) is 6.37. The number of fused-ring (bicyclic) bond motifs is 1. The van der Waals surface area contributed by atoms with Crippen molar-refractivity contribution in [3.63, 3.8) is 0 Å². The molecule has 1 aliphatic rings. The molecule has 2 aromatic heterocycles. The molecule has 25 heavy (non-hydrogen) atoms. The maximum Gasteiger partial charge on any atom is 0.323 e. The van der Waals surface area contributed by atoms with Crippen molar-refractivity contribution in [3.05, 3.63) is 42.0 Å². The van der Waals surface area contributed by atoms with Crippen molar-refractivity contribution in [2.45, 2.75) is 46.3 Å². The molecule has 1 unspecified atom stereocenters. The Morgan fingerprint density at radius 3 is 2.76 bits per heavy atom. The Kier molecular flexibility index (Phi) is 4.48. The van der Waals surface area contributed by atoms with Gasteiger partial charge >= 0.3 is 6.03 Å². The number of rotatable bonds is 3. The molecule has 3 heterocycles. The van der Waals surface area contributed by atoms with Crippen LogP contribution in [0.4, 0.5) is 16.3 Å². The monoisotopic (exact) mass is 342 g/mol. The summed E-state index contributed by atoms with van der Waals surface area (Å²) in [5.74, 6) is 1.81. The number of hydrogen-bond donors (Lipinski definition) is 1. The van der Waals surface area contributed by atoms with Crippen LogP contribution in [-0.2, 0) is 11.3 Å². The Hall–Kier alpha value is -2.83. The van der Waals surface area contributed by atoms with Crippen LogP contribution in [0, 0.1) is 6.92 Å². The SMILES string of the molecule is Cc1ccc(CNC(=O)N2c3cccnc3N(C(C)C)C(=O)C2C)o1. The molecule has 0 aromatic carbocycles. The number of carbonyl (C=O) groups excluding carboxylic acids is 2. The van der Waals surface area contributed by atoms with Gasteiger partial charge in [-0.25, -0.2) is 9.78 Å². The van der Waals surface area contributed by atoms with E-state index < -0.39 is 6.04 Å². The Morgan fingerprint density at radius 1 is 1.36 bits per heavy atom. The summed E-state index contributed by atoms with van der Waals surface area (Å²) in [5, 5.41) is 2.81. The summed E-state index contributed by atoms with van der Waals surface area (Å²) in [6, 6.07) is 6.21. The molecule has 0 bridgehead atoms. The zero-order valence-corrected chi connectivity index (χ0v) is 14.8. The quantitative estimate of drug-likeness (QED) is 0.930. The van der Waals surface area contributed by atoms with Gasteiger partial charge in [0.15, 0.2) is 5.82 Å². The number of urea groups is 1. The van der Waals surface area contributed by atoms with E-state index in [1.54, 1.807) is 30.2 Å². The normalized spacial score (nSPS) is 17.0. The predicted octanol–water partition coefficient (Wildman–Crippen LogP) is 2.84. The van der Waals surface area contributed by atoms with Gasteiger partial charge < -0.3 is 9.73 Å². The van der Waals surface area contributed by atoms with Crippen LogP contribution in [0.2, 0.25) is 0 Å². The van der Waals surface area contributed by atoms with Crippen LogP contribution in [0.3, 0.4) is 0 Å². The second kappa shape index (κ2) is 6.58. The largest absolute Gasteiger partial charge is 0.465 e. The van der Waals surface area contributed by atoms with Crippen molar-refractivity contribution in [1.29, 1.82) is 0 Å². The van der Waals surface area contributed by atoms with Crippen molar-refractivity contribution in [2.24, 2.45) is 0 Å². The number of furan rings is 1. The standard InChI is InChI=1S/C18H22N4O3/c1-11(2)21-16-15(6-5-9-19-16)22(13(4)17(21)23)18(24)20-10-14-8-7-12(3)25-14/h5-9,11,13H,10H2,1-4H3,(H,20,24). The summed E-state index contributed by atoms with van der Waals surface area (Å²) in [6.45, 7) is 7.69. The lowest BCUT2D eigenvalue weighted by molar-refractivity contribution is -0.120. The van der Waals surface area contributed by atoms with E-state index in [9.17, 15) is 9.59 Å². The first-order chi connectivity index (χ1) is 11.9. The Morgan fingerprint density at radius 2 is 2.12 bits per heavy atom. The number of carbonyl (C=O) groups is 2. The topological polar surface area (TPSA) is 78.7 Å². The molecule has 1 N–H and O–H groups in total. The molecule has 7 heteroatoms. The second-order valence-electron chi connectivity index (χ2n) is 6.37. The number of hydrogen-bond acceptors (Lipinski definition) is 4. The fourth-order valence-electron chi connectivity index (χ4n) is 3.00. The van der Waals surface area contributed by atoms with Gasteiger partial charge in [-0.05, 0) is 52.0 Å². The molecule has 0 aliphatic carbocycles. The van der Waals surface area contributed by atoms with Gasteiger partial charge in [-0.1, -0.05) is 0 Å². The molecule has 0 saturated carbocycles. The molecule has 0 radical (unpaired) electrons. The van der Waals surface area contributed by atoms with Crippen molar-refractivity contribution in [3.8, 4) is 0 Å². The Bertz CT molecular complexity index is 799. The fourth-order valence-corrected chi connectivity index (χ4v) is 3.00. The van der Waals surface area contributed by atoms with Crippen molar-refractivity contribution < 1.29 is 14.0 Å². The van der Waals surface area contributed by atoms with E-state index in [1.165, 1.54) is 4.90 Å². The number of aryl methyl sites for hydroxylation is 1. The van der Waals surface area contributed by atoms with Gasteiger partial charge in [0.05, 0.1) is 12.2 Å². The molecule has 3 rings (SSSR count). The highest BCUT2D eigenvalue weighted by atomic mass is 16.3. The van der Waals surface area contributed by atoms with Crippen LogP contribution in [0.15, 0.2) is 34.9 Å². The van der Waals surface area contributed by atoms with E-state index in [4.69, 9.17) is 4.42 Å². The minimum Gasteiger partial charge on any atom is -0.465 e. The molecule has 2 aromatic rings. The van der Waals surface area contributed by atoms with Gasteiger partial charge in [0.25, 0.3) is 5.91 Å². The lowest BCUT2D eigenvalue weighted by Gasteiger charge is -2.40. The van der Waals surface area contributed by atoms with Crippen molar-refractivity contribution >= 4 is 23.4 Å². The van der Waals surface area contributed by atoms with E-state index in [0.29, 0.717) is 17.3 Å². The summed E-state index contributed by atoms with van der Waals surface area (Å²) in [6.07, 6.45) is 1.62. The van der Waals surface area contributed by atoms with Gasteiger partial charge in [0.2, 0.25) is 0 Å². The van der Waals surface area contributed by atoms with Gasteiger partial charge in [-0.3, -0.25) is 14.6 Å². The van der Waals surface area contributed by atoms with Crippen LogP contribution in [0.25, 0.3) is 0 Å². The zero-order valence-electron chi connectivity index (χ0n) is 14.8. The number of anilines is 2. The molecule has 1 atom stereocenters. The van der Waals surface area contributed by atoms with Crippen LogP contribution >= 0.6 is 0 Å². The molecule has 132 valence electrons. The van der Waals surface area contributed by atoms with Gasteiger partial charge in [-0.15, -0.1) is 0 Å². The highest BCUT2D eigenvalue weighted by molar-refractivity contribution is 6.11. The van der Waals surface area contributed by atoms with E-state index in [1.807, 2.05) is 32.9 Å². The van der Waals surface area contributed by atoms with E-state index in [-0.39, 0.29) is 24.5 Å². The van der Waals surface area contributed by atoms with Gasteiger partial charge in [0.1, 0.15) is 17.6 Å². The summed E-state index contributed by atoms with van der Waals surface area (Å²) in [5.41, 5.74) is 0.622. The Balaban J connectivity index is 1.88. The first-order valence-corrected chi connectivity index (χ1v) is 8.30. The van der Waals surface area contributed by atoms with E-state index in [2.05, 4.69) is 10.3 Å². The minimum absolute atomic E-state index is 0.0418. The average molecular weight is 342 g/mol. The summed E-state index contributed by atoms with van der Waals surface area (Å²) in [7, 11) is 0. The highest BCUT2D eigenvalue weighted by Crippen LogP contribution is 2.35. The van der Waals surface area contributed by atoms with E-state index >= 15 is 0 Å². The maximum absolute atomic E-state index is 12.8. The molecule has 3 amide bonds. The van der Waals surface area contributed by atoms with Gasteiger partial charge in [-0.2, -0.15) is 0 Å². The van der Waals surface area contributed by atoms with Gasteiger partial charge in [0, 0.05) is 12.2 Å². The summed E-state index contributed by atoms with van der Waals surface area (Å²) in [4.78, 5) is 32.9. The molecular weight excluding hydrogens is 320 g/mol. The average Bonchev–Trinajstić information content (AvgIpc) is 2.99. The van der Waals surface area contributed by atoms with Crippen LogP contribution in [0.5, 0.6) is 0 Å². The smallest absolute Gasteiger partial charge is 0.323 e. The lowest BCUT2D eigenvalue weighted by Crippen LogP contribution is -2.58. The van der Waals surface area contributed by atoms with E-state index in [0.717, 1.165) is 5.76 Å². The molecular formula is C18H22N4O3. The zero-order chi connectivity index (χ0) is 18.1. The van der Waals surface area contributed by atoms with Crippen molar-refractivity contribution in [1.82, 2.24) is 10.3 Å². The third-order valence-electron chi connectivity index (χ3n) is 4.18. The number of nitrogens with zero attached hydrogens (tertiary/aromatic N) is 3. The number of nitrogens with one attached hydrogen (secondary N) is 1. The molecule has 0 fully saturated rings. The lowest BCUT2D eigenvalue weighted by atomic mass is 10.1. The minimum atomic E-state index is -0.613. The fraction of sp³-hybridized carbons (Fsp3) is 0.389. The third-order valence-corrected chi connectivity index (χ3v) is 4.18. The molecule has 0 saturated heterocycles. The predicted molar refractivity (Wildman–Crippen MR) is 94.5 cm³/mol. The Labute approximate surface area is 146 Å². The molecule has 7 nitrogen and oxygen atoms in total. The van der Waals surface area contributed by atoms with Crippen LogP contribution in [0.1, 0.15) is 32.3 Å². The van der Waals surface area contributed by atoms with Crippen molar-refractivity contribution in [2.75, 3.05) is 9.80 Å². The van der Waals surface area contributed by atoms with Crippen LogP contribution < -0.4 is 15.1 Å². The number of amides is 3. The number of aromatic nitrogens is 1. The summed E-state index contributed by atoms with van der Waals surface area (Å²) < 4.78 is 5.47. The molecule has 1 aliphatic heterocycles. The highest BCUT2D eigenvalue weighted by Gasteiger charge is 2.40. The first kappa shape index (κ1) is 17.0. The maximum atomic E-state index is 12.8. The number of pyridine rings is 1. The summed E-state index contributed by atoms with van der Waals surface area (Å²) >= 11 is 0. The first-order valence-electron chi connectivity index (χ1n) is 8.30. The molecule has 0 spiro atoms. The van der Waals surface area contributed by atoms with Crippen LogP contribution in [-0.4, -0.2) is 29.0 Å².